The number of nitrogens with zero attached hydrogens (tertiary/aromatic N) is 4. The standard InChI is InChI=1S/C18H18FN5O3/c1-13(27-15-5-3-14(19)4-6-15)18(26)20-10-12-24-17(25)8-7-16(22-24)23-11-2-9-21-23/h2-9,11,13H,10,12H2,1H3,(H,20,26). The maximum atomic E-state index is 12.9. The Balaban J connectivity index is 1.54. The molecule has 0 aliphatic heterocycles. The second kappa shape index (κ2) is 8.26. The van der Waals surface area contributed by atoms with Crippen LogP contribution in [-0.2, 0) is 11.3 Å². The van der Waals surface area contributed by atoms with Gasteiger partial charge in [0.2, 0.25) is 0 Å². The van der Waals surface area contributed by atoms with Crippen molar-refractivity contribution in [2.45, 2.75) is 19.6 Å². The second-order valence-electron chi connectivity index (χ2n) is 5.71. The Morgan fingerprint density at radius 1 is 1.26 bits per heavy atom. The van der Waals surface area contributed by atoms with Crippen molar-refractivity contribution in [2.24, 2.45) is 0 Å². The van der Waals surface area contributed by atoms with Crippen LogP contribution in [0.1, 0.15) is 6.92 Å². The maximum absolute atomic E-state index is 12.9. The van der Waals surface area contributed by atoms with Gasteiger partial charge in [-0.05, 0) is 43.3 Å². The molecule has 3 aromatic rings. The van der Waals surface area contributed by atoms with Crippen molar-refractivity contribution in [3.63, 3.8) is 0 Å². The quantitative estimate of drug-likeness (QED) is 0.673. The van der Waals surface area contributed by atoms with Crippen molar-refractivity contribution in [3.05, 3.63) is 71.0 Å². The van der Waals surface area contributed by atoms with Crippen LogP contribution in [-0.4, -0.2) is 38.1 Å². The first-order valence-corrected chi connectivity index (χ1v) is 8.31. The Morgan fingerprint density at radius 2 is 2.04 bits per heavy atom. The molecular formula is C18H18FN5O3. The molecule has 1 aromatic carbocycles. The second-order valence-corrected chi connectivity index (χ2v) is 5.71. The van der Waals surface area contributed by atoms with E-state index in [0.717, 1.165) is 0 Å². The van der Waals surface area contributed by atoms with E-state index in [1.54, 1.807) is 31.5 Å². The van der Waals surface area contributed by atoms with Gasteiger partial charge in [0.05, 0.1) is 6.54 Å². The van der Waals surface area contributed by atoms with Crippen LogP contribution in [0, 0.1) is 5.82 Å². The number of halogens is 1. The van der Waals surface area contributed by atoms with E-state index >= 15 is 0 Å². The normalized spacial score (nSPS) is 11.8. The minimum Gasteiger partial charge on any atom is -0.481 e. The summed E-state index contributed by atoms with van der Waals surface area (Å²) >= 11 is 0. The fourth-order valence-electron chi connectivity index (χ4n) is 2.32. The van der Waals surface area contributed by atoms with Crippen molar-refractivity contribution in [1.82, 2.24) is 24.9 Å². The SMILES string of the molecule is CC(Oc1ccc(F)cc1)C(=O)NCCn1nc(-n2cccn2)ccc1=O. The molecule has 27 heavy (non-hydrogen) atoms. The van der Waals surface area contributed by atoms with Crippen LogP contribution in [0.4, 0.5) is 4.39 Å². The Bertz CT molecular complexity index is 954. The van der Waals surface area contributed by atoms with Gasteiger partial charge in [-0.1, -0.05) is 0 Å². The Morgan fingerprint density at radius 3 is 2.74 bits per heavy atom. The molecule has 0 saturated heterocycles. The van der Waals surface area contributed by atoms with Gasteiger partial charge >= 0.3 is 0 Å². The first kappa shape index (κ1) is 18.3. The van der Waals surface area contributed by atoms with Crippen LogP contribution >= 0.6 is 0 Å². The number of aromatic nitrogens is 4. The summed E-state index contributed by atoms with van der Waals surface area (Å²) in [4.78, 5) is 24.0. The summed E-state index contributed by atoms with van der Waals surface area (Å²) in [6, 6.07) is 10.1. The van der Waals surface area contributed by atoms with Crippen molar-refractivity contribution < 1.29 is 13.9 Å². The topological polar surface area (TPSA) is 91.0 Å². The molecule has 0 fully saturated rings. The molecule has 1 unspecified atom stereocenters. The summed E-state index contributed by atoms with van der Waals surface area (Å²) in [5.41, 5.74) is -0.282. The van der Waals surface area contributed by atoms with E-state index in [-0.39, 0.29) is 30.4 Å². The average Bonchev–Trinajstić information content (AvgIpc) is 3.19. The fourth-order valence-corrected chi connectivity index (χ4v) is 2.32. The number of nitrogens with one attached hydrogen (secondary N) is 1. The van der Waals surface area contributed by atoms with Gasteiger partial charge < -0.3 is 10.1 Å². The third-order valence-electron chi connectivity index (χ3n) is 3.71. The summed E-state index contributed by atoms with van der Waals surface area (Å²) in [6.07, 6.45) is 2.56. The third kappa shape index (κ3) is 4.78. The van der Waals surface area contributed by atoms with Gasteiger partial charge in [0.15, 0.2) is 11.9 Å². The van der Waals surface area contributed by atoms with E-state index < -0.39 is 6.10 Å². The summed E-state index contributed by atoms with van der Waals surface area (Å²) in [7, 11) is 0. The number of rotatable bonds is 7. The first-order valence-electron chi connectivity index (χ1n) is 8.31. The summed E-state index contributed by atoms with van der Waals surface area (Å²) in [5.74, 6) is 0.160. The van der Waals surface area contributed by atoms with Gasteiger partial charge in [-0.2, -0.15) is 5.10 Å². The predicted octanol–water partition coefficient (Wildman–Crippen LogP) is 1.15. The first-order chi connectivity index (χ1) is 13.0. The molecule has 0 aliphatic carbocycles. The van der Waals surface area contributed by atoms with E-state index in [2.05, 4.69) is 15.5 Å². The molecule has 8 nitrogen and oxygen atoms in total. The predicted molar refractivity (Wildman–Crippen MR) is 95.1 cm³/mol. The molecule has 2 aromatic heterocycles. The lowest BCUT2D eigenvalue weighted by atomic mass is 10.3. The lowest BCUT2D eigenvalue weighted by Crippen LogP contribution is -2.39. The molecule has 0 saturated carbocycles. The lowest BCUT2D eigenvalue weighted by Gasteiger charge is -2.15. The van der Waals surface area contributed by atoms with Crippen molar-refractivity contribution in [3.8, 4) is 11.6 Å². The van der Waals surface area contributed by atoms with Crippen molar-refractivity contribution in [1.29, 1.82) is 0 Å². The van der Waals surface area contributed by atoms with Crippen molar-refractivity contribution >= 4 is 5.91 Å². The molecule has 1 N–H and O–H groups in total. The van der Waals surface area contributed by atoms with E-state index in [4.69, 9.17) is 4.74 Å². The van der Waals surface area contributed by atoms with Crippen LogP contribution in [0.3, 0.4) is 0 Å². The molecular weight excluding hydrogens is 353 g/mol. The van der Waals surface area contributed by atoms with Gasteiger partial charge in [0, 0.05) is 25.0 Å². The summed E-state index contributed by atoms with van der Waals surface area (Å²) in [5, 5.41) is 11.0. The van der Waals surface area contributed by atoms with Crippen LogP contribution < -0.4 is 15.6 Å². The zero-order valence-corrected chi connectivity index (χ0v) is 14.6. The van der Waals surface area contributed by atoms with E-state index in [1.165, 1.54) is 39.7 Å². The molecule has 0 spiro atoms. The maximum Gasteiger partial charge on any atom is 0.266 e. The molecule has 0 aliphatic rings. The number of benzene rings is 1. The molecule has 140 valence electrons. The zero-order valence-electron chi connectivity index (χ0n) is 14.6. The largest absolute Gasteiger partial charge is 0.481 e. The highest BCUT2D eigenvalue weighted by Gasteiger charge is 2.14. The van der Waals surface area contributed by atoms with E-state index in [1.807, 2.05) is 0 Å². The lowest BCUT2D eigenvalue weighted by molar-refractivity contribution is -0.127. The summed E-state index contributed by atoms with van der Waals surface area (Å²) < 4.78 is 21.1. The number of carbonyl (C=O) groups excluding carboxylic acids is 1. The Labute approximate surface area is 154 Å². The van der Waals surface area contributed by atoms with Gasteiger partial charge in [-0.25, -0.2) is 13.8 Å². The Hall–Kier alpha value is -3.49. The van der Waals surface area contributed by atoms with Gasteiger partial charge in [-0.15, -0.1) is 5.10 Å². The number of ether oxygens (including phenoxy) is 1. The van der Waals surface area contributed by atoms with Crippen LogP contribution in [0.5, 0.6) is 5.75 Å². The summed E-state index contributed by atoms with van der Waals surface area (Å²) in [6.45, 7) is 1.98. The highest BCUT2D eigenvalue weighted by molar-refractivity contribution is 5.80. The minimum absolute atomic E-state index is 0.197. The van der Waals surface area contributed by atoms with Gasteiger partial charge in [0.25, 0.3) is 11.5 Å². The van der Waals surface area contributed by atoms with Crippen LogP contribution in [0.2, 0.25) is 0 Å². The molecule has 2 heterocycles. The number of hydrogen-bond donors (Lipinski definition) is 1. The minimum atomic E-state index is -0.768. The number of carbonyl (C=O) groups is 1. The van der Waals surface area contributed by atoms with Crippen molar-refractivity contribution in [2.75, 3.05) is 6.54 Å². The Kier molecular flexibility index (Phi) is 5.60. The van der Waals surface area contributed by atoms with E-state index in [9.17, 15) is 14.0 Å². The smallest absolute Gasteiger partial charge is 0.266 e. The molecule has 9 heteroatoms. The van der Waals surface area contributed by atoms with E-state index in [0.29, 0.717) is 11.6 Å². The average molecular weight is 371 g/mol. The molecule has 0 radical (unpaired) electrons. The zero-order chi connectivity index (χ0) is 19.2. The van der Waals surface area contributed by atoms with Gasteiger partial charge in [0.1, 0.15) is 11.6 Å². The molecule has 1 amide bonds. The number of hydrogen-bond acceptors (Lipinski definition) is 5. The molecule has 3 rings (SSSR count). The highest BCUT2D eigenvalue weighted by atomic mass is 19.1. The molecule has 0 bridgehead atoms. The monoisotopic (exact) mass is 371 g/mol. The van der Waals surface area contributed by atoms with Crippen LogP contribution in [0.25, 0.3) is 5.82 Å². The van der Waals surface area contributed by atoms with Gasteiger partial charge in [-0.3, -0.25) is 9.59 Å². The van der Waals surface area contributed by atoms with Crippen LogP contribution in [0.15, 0.2) is 59.7 Å². The highest BCUT2D eigenvalue weighted by Crippen LogP contribution is 2.12. The number of amides is 1. The third-order valence-corrected chi connectivity index (χ3v) is 3.71. The fraction of sp³-hybridized carbons (Fsp3) is 0.222. The molecule has 1 atom stereocenters.